The highest BCUT2D eigenvalue weighted by Gasteiger charge is 2.26. The number of aliphatic hydroxyl groups excluding tert-OH is 1. The van der Waals surface area contributed by atoms with Gasteiger partial charge < -0.3 is 9.52 Å². The molecule has 0 aliphatic carbocycles. The van der Waals surface area contributed by atoms with Crippen LogP contribution in [0.5, 0.6) is 0 Å². The van der Waals surface area contributed by atoms with E-state index >= 15 is 0 Å². The molecule has 1 saturated heterocycles. The van der Waals surface area contributed by atoms with Crippen LogP contribution in [0.3, 0.4) is 0 Å². The number of hydrogen-bond acceptors (Lipinski definition) is 7. The quantitative estimate of drug-likeness (QED) is 0.778. The lowest BCUT2D eigenvalue weighted by Crippen LogP contribution is -2.35. The molecule has 0 saturated carbocycles. The van der Waals surface area contributed by atoms with Gasteiger partial charge in [-0.15, -0.1) is 10.2 Å². The molecule has 0 bridgehead atoms. The SMILES string of the molecule is O=S(=O)(c1cccc(-c2nnc(SCCO)o2)c1)N1CCCCC1. The number of hydrogen-bond donors (Lipinski definition) is 1. The molecule has 2 aromatic rings. The van der Waals surface area contributed by atoms with Gasteiger partial charge in [-0.25, -0.2) is 8.42 Å². The number of rotatable bonds is 6. The molecular formula is C15H19N3O4S2. The van der Waals surface area contributed by atoms with Crippen molar-refractivity contribution in [2.45, 2.75) is 29.4 Å². The fourth-order valence-corrected chi connectivity index (χ4v) is 4.63. The predicted molar refractivity (Wildman–Crippen MR) is 90.2 cm³/mol. The third-order valence-corrected chi connectivity index (χ3v) is 6.45. The maximum Gasteiger partial charge on any atom is 0.276 e. The van der Waals surface area contributed by atoms with Crippen LogP contribution in [0, 0.1) is 0 Å². The molecule has 1 aromatic heterocycles. The van der Waals surface area contributed by atoms with Crippen molar-refractivity contribution in [2.24, 2.45) is 0 Å². The summed E-state index contributed by atoms with van der Waals surface area (Å²) in [6.45, 7) is 1.15. The van der Waals surface area contributed by atoms with E-state index in [4.69, 9.17) is 9.52 Å². The molecule has 130 valence electrons. The molecule has 1 aromatic carbocycles. The second-order valence-electron chi connectivity index (χ2n) is 5.44. The molecule has 0 radical (unpaired) electrons. The van der Waals surface area contributed by atoms with Gasteiger partial charge in [-0.1, -0.05) is 24.2 Å². The number of nitrogens with zero attached hydrogens (tertiary/aromatic N) is 3. The molecule has 0 unspecified atom stereocenters. The highest BCUT2D eigenvalue weighted by atomic mass is 32.2. The number of aromatic nitrogens is 2. The molecule has 3 rings (SSSR count). The van der Waals surface area contributed by atoms with E-state index in [1.807, 2.05) is 0 Å². The van der Waals surface area contributed by atoms with Crippen LogP contribution in [-0.4, -0.2) is 53.5 Å². The van der Waals surface area contributed by atoms with E-state index in [-0.39, 0.29) is 17.4 Å². The largest absolute Gasteiger partial charge is 0.411 e. The first-order chi connectivity index (χ1) is 11.6. The van der Waals surface area contributed by atoms with Crippen molar-refractivity contribution in [1.29, 1.82) is 0 Å². The standard InChI is InChI=1S/C15H19N3O4S2/c19-9-10-23-15-17-16-14(22-15)12-5-4-6-13(11-12)24(20,21)18-7-2-1-3-8-18/h4-6,11,19H,1-3,7-10H2. The van der Waals surface area contributed by atoms with Gasteiger partial charge >= 0.3 is 0 Å². The molecule has 1 fully saturated rings. The Balaban J connectivity index is 1.84. The fraction of sp³-hybridized carbons (Fsp3) is 0.467. The Labute approximate surface area is 145 Å². The zero-order valence-electron chi connectivity index (χ0n) is 13.1. The van der Waals surface area contributed by atoms with Crippen molar-refractivity contribution in [3.05, 3.63) is 24.3 Å². The first-order valence-corrected chi connectivity index (χ1v) is 10.2. The molecule has 9 heteroatoms. The van der Waals surface area contributed by atoms with E-state index in [2.05, 4.69) is 10.2 Å². The van der Waals surface area contributed by atoms with Gasteiger partial charge in [0.25, 0.3) is 5.22 Å². The fourth-order valence-electron chi connectivity index (χ4n) is 2.56. The highest BCUT2D eigenvalue weighted by Crippen LogP contribution is 2.27. The van der Waals surface area contributed by atoms with Crippen LogP contribution >= 0.6 is 11.8 Å². The van der Waals surface area contributed by atoms with E-state index in [1.165, 1.54) is 16.1 Å². The highest BCUT2D eigenvalue weighted by molar-refractivity contribution is 7.99. The molecule has 0 spiro atoms. The molecule has 1 aliphatic rings. The predicted octanol–water partition coefficient (Wildman–Crippen LogP) is 2.00. The number of sulfonamides is 1. The third-order valence-electron chi connectivity index (χ3n) is 3.76. The van der Waals surface area contributed by atoms with E-state index < -0.39 is 10.0 Å². The van der Waals surface area contributed by atoms with Crippen molar-refractivity contribution in [1.82, 2.24) is 14.5 Å². The third kappa shape index (κ3) is 3.80. The van der Waals surface area contributed by atoms with Crippen LogP contribution < -0.4 is 0 Å². The Kier molecular flexibility index (Phi) is 5.54. The molecular weight excluding hydrogens is 350 g/mol. The van der Waals surface area contributed by atoms with Crippen molar-refractivity contribution >= 4 is 21.8 Å². The van der Waals surface area contributed by atoms with Crippen molar-refractivity contribution in [2.75, 3.05) is 25.4 Å². The van der Waals surface area contributed by atoms with Gasteiger partial charge in [0.15, 0.2) is 0 Å². The first-order valence-electron chi connectivity index (χ1n) is 7.79. The van der Waals surface area contributed by atoms with Crippen LogP contribution in [0.1, 0.15) is 19.3 Å². The molecule has 1 aliphatic heterocycles. The number of benzene rings is 1. The van der Waals surface area contributed by atoms with Crippen LogP contribution in [-0.2, 0) is 10.0 Å². The Bertz CT molecular complexity index is 786. The minimum atomic E-state index is -3.49. The Hall–Kier alpha value is -1.42. The van der Waals surface area contributed by atoms with Crippen molar-refractivity contribution < 1.29 is 17.9 Å². The summed E-state index contributed by atoms with van der Waals surface area (Å²) < 4.78 is 32.5. The minimum Gasteiger partial charge on any atom is -0.411 e. The lowest BCUT2D eigenvalue weighted by atomic mass is 10.2. The summed E-state index contributed by atoms with van der Waals surface area (Å²) in [6, 6.07) is 6.57. The Morgan fingerprint density at radius 1 is 1.21 bits per heavy atom. The van der Waals surface area contributed by atoms with Gasteiger partial charge in [-0.05, 0) is 31.0 Å². The number of aliphatic hydroxyl groups is 1. The molecule has 0 amide bonds. The Morgan fingerprint density at radius 2 is 2.00 bits per heavy atom. The monoisotopic (exact) mass is 369 g/mol. The van der Waals surface area contributed by atoms with Gasteiger partial charge in [0.1, 0.15) is 0 Å². The normalized spacial score (nSPS) is 16.4. The average molecular weight is 369 g/mol. The molecule has 7 nitrogen and oxygen atoms in total. The minimum absolute atomic E-state index is 0.0198. The summed E-state index contributed by atoms with van der Waals surface area (Å²) in [5.74, 6) is 0.733. The summed E-state index contributed by atoms with van der Waals surface area (Å²) in [4.78, 5) is 0.240. The lowest BCUT2D eigenvalue weighted by molar-refractivity contribution is 0.322. The van der Waals surface area contributed by atoms with Gasteiger partial charge in [0.05, 0.1) is 11.5 Å². The maximum atomic E-state index is 12.7. The molecule has 24 heavy (non-hydrogen) atoms. The topological polar surface area (TPSA) is 96.5 Å². The van der Waals surface area contributed by atoms with E-state index in [0.717, 1.165) is 19.3 Å². The summed E-state index contributed by atoms with van der Waals surface area (Å²) in [5, 5.41) is 17.0. The molecule has 1 N–H and O–H groups in total. The van der Waals surface area contributed by atoms with E-state index in [1.54, 1.807) is 24.3 Å². The zero-order chi connectivity index (χ0) is 17.0. The summed E-state index contributed by atoms with van der Waals surface area (Å²) in [5.41, 5.74) is 0.566. The maximum absolute atomic E-state index is 12.7. The lowest BCUT2D eigenvalue weighted by Gasteiger charge is -2.25. The van der Waals surface area contributed by atoms with Gasteiger partial charge in [0.2, 0.25) is 15.9 Å². The van der Waals surface area contributed by atoms with Crippen LogP contribution in [0.15, 0.2) is 38.8 Å². The van der Waals surface area contributed by atoms with E-state index in [0.29, 0.717) is 29.6 Å². The summed E-state index contributed by atoms with van der Waals surface area (Å²) >= 11 is 1.25. The van der Waals surface area contributed by atoms with Crippen molar-refractivity contribution in [3.63, 3.8) is 0 Å². The average Bonchev–Trinajstić information content (AvgIpc) is 3.10. The number of piperidine rings is 1. The smallest absolute Gasteiger partial charge is 0.276 e. The first kappa shape index (κ1) is 17.4. The van der Waals surface area contributed by atoms with Gasteiger partial charge in [0, 0.05) is 24.4 Å². The van der Waals surface area contributed by atoms with E-state index in [9.17, 15) is 8.42 Å². The zero-order valence-corrected chi connectivity index (χ0v) is 14.7. The second kappa shape index (κ2) is 7.64. The Morgan fingerprint density at radius 3 is 2.75 bits per heavy atom. The molecule has 0 atom stereocenters. The summed E-state index contributed by atoms with van der Waals surface area (Å²) in [7, 11) is -3.49. The van der Waals surface area contributed by atoms with Crippen LogP contribution in [0.2, 0.25) is 0 Å². The van der Waals surface area contributed by atoms with Gasteiger partial charge in [-0.2, -0.15) is 4.31 Å². The van der Waals surface area contributed by atoms with Crippen LogP contribution in [0.25, 0.3) is 11.5 Å². The molecule has 2 heterocycles. The van der Waals surface area contributed by atoms with Gasteiger partial charge in [-0.3, -0.25) is 0 Å². The number of thioether (sulfide) groups is 1. The van der Waals surface area contributed by atoms with Crippen LogP contribution in [0.4, 0.5) is 0 Å². The summed E-state index contributed by atoms with van der Waals surface area (Å²) in [6.07, 6.45) is 2.87. The second-order valence-corrected chi connectivity index (χ2v) is 8.42. The van der Waals surface area contributed by atoms with Crippen molar-refractivity contribution in [3.8, 4) is 11.5 Å².